The van der Waals surface area contributed by atoms with Gasteiger partial charge in [-0.2, -0.15) is 0 Å². The average Bonchev–Trinajstić information content (AvgIpc) is 3.04. The molecule has 2 N–H and O–H groups in total. The summed E-state index contributed by atoms with van der Waals surface area (Å²) in [7, 11) is 1.82. The molecular weight excluding hydrogens is 224 g/mol. The zero-order valence-corrected chi connectivity index (χ0v) is 12.9. The summed E-state index contributed by atoms with van der Waals surface area (Å²) in [6.07, 6.45) is 2.74. The van der Waals surface area contributed by atoms with E-state index in [2.05, 4.69) is 55.1 Å². The van der Waals surface area contributed by atoms with Gasteiger partial charge in [-0.1, -0.05) is 0 Å². The fourth-order valence-electron chi connectivity index (χ4n) is 2.11. The second kappa shape index (κ2) is 6.41. The molecule has 4 nitrogen and oxygen atoms in total. The maximum absolute atomic E-state index is 4.25. The number of aliphatic imine (C=N–C) groups is 1. The Morgan fingerprint density at radius 2 is 1.94 bits per heavy atom. The van der Waals surface area contributed by atoms with Crippen LogP contribution < -0.4 is 10.6 Å². The average molecular weight is 254 g/mol. The van der Waals surface area contributed by atoms with Crippen LogP contribution in [0.1, 0.15) is 47.5 Å². The van der Waals surface area contributed by atoms with Crippen molar-refractivity contribution in [1.29, 1.82) is 0 Å². The van der Waals surface area contributed by atoms with Crippen LogP contribution in [-0.2, 0) is 0 Å². The van der Waals surface area contributed by atoms with Crippen LogP contribution in [0.25, 0.3) is 0 Å². The molecule has 0 atom stereocenters. The lowest BCUT2D eigenvalue weighted by atomic mass is 10.1. The smallest absolute Gasteiger partial charge is 0.191 e. The van der Waals surface area contributed by atoms with Crippen molar-refractivity contribution in [3.05, 3.63) is 0 Å². The molecule has 0 radical (unpaired) electrons. The minimum Gasteiger partial charge on any atom is -0.355 e. The Morgan fingerprint density at radius 3 is 2.33 bits per heavy atom. The molecule has 0 bridgehead atoms. The zero-order valence-electron chi connectivity index (χ0n) is 12.9. The Kier molecular flexibility index (Phi) is 5.45. The summed E-state index contributed by atoms with van der Waals surface area (Å²) in [5.74, 6) is 0.891. The van der Waals surface area contributed by atoms with Crippen molar-refractivity contribution in [2.24, 2.45) is 4.99 Å². The van der Waals surface area contributed by atoms with Gasteiger partial charge in [-0.05, 0) is 47.5 Å². The Morgan fingerprint density at radius 1 is 1.33 bits per heavy atom. The Balaban J connectivity index is 2.30. The van der Waals surface area contributed by atoms with Gasteiger partial charge in [0.1, 0.15) is 0 Å². The van der Waals surface area contributed by atoms with Crippen molar-refractivity contribution in [1.82, 2.24) is 15.5 Å². The van der Waals surface area contributed by atoms with Crippen molar-refractivity contribution in [2.45, 2.75) is 65.1 Å². The molecule has 0 heterocycles. The predicted molar refractivity (Wildman–Crippen MR) is 79.1 cm³/mol. The standard InChI is InChI=1S/C14H30N4/c1-11(2)18(12-7-8-12)10-9-16-13(15-6)17-14(3,4)5/h11-12H,7-10H2,1-6H3,(H2,15,16,17). The van der Waals surface area contributed by atoms with E-state index in [0.717, 1.165) is 25.1 Å². The van der Waals surface area contributed by atoms with Crippen LogP contribution in [-0.4, -0.2) is 48.6 Å². The first kappa shape index (κ1) is 15.3. The number of guanidine groups is 1. The first-order valence-corrected chi connectivity index (χ1v) is 7.08. The highest BCUT2D eigenvalue weighted by molar-refractivity contribution is 5.80. The summed E-state index contributed by atoms with van der Waals surface area (Å²) in [4.78, 5) is 6.83. The van der Waals surface area contributed by atoms with E-state index in [4.69, 9.17) is 0 Å². The SMILES string of the molecule is CN=C(NCCN(C(C)C)C1CC1)NC(C)(C)C. The van der Waals surface area contributed by atoms with Crippen molar-refractivity contribution in [2.75, 3.05) is 20.1 Å². The van der Waals surface area contributed by atoms with Crippen LogP contribution >= 0.6 is 0 Å². The van der Waals surface area contributed by atoms with Gasteiger partial charge in [-0.15, -0.1) is 0 Å². The molecule has 0 spiro atoms. The van der Waals surface area contributed by atoms with Crippen molar-refractivity contribution in [3.63, 3.8) is 0 Å². The van der Waals surface area contributed by atoms with Gasteiger partial charge >= 0.3 is 0 Å². The van der Waals surface area contributed by atoms with Gasteiger partial charge in [0.05, 0.1) is 0 Å². The van der Waals surface area contributed by atoms with Crippen molar-refractivity contribution >= 4 is 5.96 Å². The summed E-state index contributed by atoms with van der Waals surface area (Å²) < 4.78 is 0. The molecule has 106 valence electrons. The van der Waals surface area contributed by atoms with Crippen molar-refractivity contribution in [3.8, 4) is 0 Å². The van der Waals surface area contributed by atoms with E-state index < -0.39 is 0 Å². The molecule has 1 aliphatic rings. The summed E-state index contributed by atoms with van der Waals surface area (Å²) in [6, 6.07) is 1.46. The molecule has 0 saturated heterocycles. The summed E-state index contributed by atoms with van der Waals surface area (Å²) in [6.45, 7) is 13.0. The Bertz CT molecular complexity index is 272. The second-order valence-corrected chi connectivity index (χ2v) is 6.44. The summed E-state index contributed by atoms with van der Waals surface area (Å²) in [5, 5.41) is 6.77. The van der Waals surface area contributed by atoms with E-state index in [1.807, 2.05) is 7.05 Å². The van der Waals surface area contributed by atoms with E-state index in [9.17, 15) is 0 Å². The van der Waals surface area contributed by atoms with Crippen LogP contribution in [0.2, 0.25) is 0 Å². The number of hydrogen-bond acceptors (Lipinski definition) is 2. The van der Waals surface area contributed by atoms with E-state index in [1.54, 1.807) is 0 Å². The van der Waals surface area contributed by atoms with Gasteiger partial charge in [-0.3, -0.25) is 9.89 Å². The highest BCUT2D eigenvalue weighted by Gasteiger charge is 2.30. The maximum Gasteiger partial charge on any atom is 0.191 e. The van der Waals surface area contributed by atoms with Crippen LogP contribution in [0.3, 0.4) is 0 Å². The monoisotopic (exact) mass is 254 g/mol. The normalized spacial score (nSPS) is 17.4. The van der Waals surface area contributed by atoms with Gasteiger partial charge in [0.15, 0.2) is 5.96 Å². The molecule has 0 amide bonds. The minimum absolute atomic E-state index is 0.0517. The Hall–Kier alpha value is -0.770. The lowest BCUT2D eigenvalue weighted by Crippen LogP contribution is -2.49. The van der Waals surface area contributed by atoms with Crippen LogP contribution in [0.4, 0.5) is 0 Å². The predicted octanol–water partition coefficient (Wildman–Crippen LogP) is 1.82. The molecule has 18 heavy (non-hydrogen) atoms. The third kappa shape index (κ3) is 5.71. The molecule has 1 saturated carbocycles. The molecule has 1 rings (SSSR count). The molecule has 0 unspecified atom stereocenters. The van der Waals surface area contributed by atoms with E-state index in [0.29, 0.717) is 6.04 Å². The second-order valence-electron chi connectivity index (χ2n) is 6.44. The van der Waals surface area contributed by atoms with Crippen molar-refractivity contribution < 1.29 is 0 Å². The van der Waals surface area contributed by atoms with Gasteiger partial charge in [0.25, 0.3) is 0 Å². The van der Waals surface area contributed by atoms with Crippen LogP contribution in [0, 0.1) is 0 Å². The number of nitrogens with one attached hydrogen (secondary N) is 2. The molecule has 0 aromatic heterocycles. The Labute approximate surface area is 112 Å². The third-order valence-electron chi connectivity index (χ3n) is 3.06. The summed E-state index contributed by atoms with van der Waals surface area (Å²) in [5.41, 5.74) is 0.0517. The quantitative estimate of drug-likeness (QED) is 0.581. The molecular formula is C14H30N4. The molecule has 0 aliphatic heterocycles. The van der Waals surface area contributed by atoms with Gasteiger partial charge in [-0.25, -0.2) is 0 Å². The topological polar surface area (TPSA) is 39.7 Å². The lowest BCUT2D eigenvalue weighted by Gasteiger charge is -2.28. The molecule has 1 aliphatic carbocycles. The molecule has 0 aromatic rings. The minimum atomic E-state index is 0.0517. The highest BCUT2D eigenvalue weighted by Crippen LogP contribution is 2.27. The fraction of sp³-hybridized carbons (Fsp3) is 0.929. The van der Waals surface area contributed by atoms with E-state index in [1.165, 1.54) is 12.8 Å². The fourth-order valence-corrected chi connectivity index (χ4v) is 2.11. The number of rotatable bonds is 5. The largest absolute Gasteiger partial charge is 0.355 e. The summed E-state index contributed by atoms with van der Waals surface area (Å²) >= 11 is 0. The van der Waals surface area contributed by atoms with E-state index in [-0.39, 0.29) is 5.54 Å². The number of nitrogens with zero attached hydrogens (tertiary/aromatic N) is 2. The van der Waals surface area contributed by atoms with Gasteiger partial charge in [0.2, 0.25) is 0 Å². The van der Waals surface area contributed by atoms with E-state index >= 15 is 0 Å². The van der Waals surface area contributed by atoms with Crippen LogP contribution in [0.15, 0.2) is 4.99 Å². The van der Waals surface area contributed by atoms with Gasteiger partial charge in [0, 0.05) is 37.8 Å². The third-order valence-corrected chi connectivity index (χ3v) is 3.06. The van der Waals surface area contributed by atoms with Crippen LogP contribution in [0.5, 0.6) is 0 Å². The molecule has 0 aromatic carbocycles. The molecule has 1 fully saturated rings. The first-order chi connectivity index (χ1) is 8.33. The lowest BCUT2D eigenvalue weighted by molar-refractivity contribution is 0.215. The number of hydrogen-bond donors (Lipinski definition) is 2. The van der Waals surface area contributed by atoms with Gasteiger partial charge < -0.3 is 10.6 Å². The maximum atomic E-state index is 4.25. The highest BCUT2D eigenvalue weighted by atomic mass is 15.2. The molecule has 4 heteroatoms. The first-order valence-electron chi connectivity index (χ1n) is 7.08. The zero-order chi connectivity index (χ0) is 13.8.